The number of carbonyl (C=O) groups is 2. The summed E-state index contributed by atoms with van der Waals surface area (Å²) in [5.41, 5.74) is 6.80. The van der Waals surface area contributed by atoms with Crippen LogP contribution in [0.15, 0.2) is 12.4 Å². The maximum absolute atomic E-state index is 12.4. The van der Waals surface area contributed by atoms with Crippen LogP contribution in [0.1, 0.15) is 19.8 Å². The quantitative estimate of drug-likeness (QED) is 0.405. The van der Waals surface area contributed by atoms with E-state index in [9.17, 15) is 9.59 Å². The number of likely N-dealkylation sites (tertiary alicyclic amines) is 1. The molecule has 0 aliphatic carbocycles. The fourth-order valence-corrected chi connectivity index (χ4v) is 3.91. The van der Waals surface area contributed by atoms with Crippen LogP contribution in [0.3, 0.4) is 0 Å². The molecule has 3 heterocycles. The molecule has 2 unspecified atom stereocenters. The van der Waals surface area contributed by atoms with Gasteiger partial charge in [0.25, 0.3) is 0 Å². The highest BCUT2D eigenvalue weighted by Crippen LogP contribution is 2.30. The van der Waals surface area contributed by atoms with Crippen molar-refractivity contribution in [2.24, 2.45) is 5.92 Å². The number of nitrogens with two attached hydrogens (primary N) is 1. The lowest BCUT2D eigenvalue weighted by Gasteiger charge is -2.30. The summed E-state index contributed by atoms with van der Waals surface area (Å²) >= 11 is 2.20. The lowest BCUT2D eigenvalue weighted by atomic mass is 10.0. The molecule has 2 atom stereocenters. The number of rotatable bonds is 2. The van der Waals surface area contributed by atoms with E-state index in [1.807, 2.05) is 0 Å². The molecule has 0 radical (unpaired) electrons. The monoisotopic (exact) mass is 460 g/mol. The second-order valence-corrected chi connectivity index (χ2v) is 8.00. The summed E-state index contributed by atoms with van der Waals surface area (Å²) in [6.07, 6.45) is 5.64. The van der Waals surface area contributed by atoms with Crippen LogP contribution in [0, 0.1) is 5.92 Å². The highest BCUT2D eigenvalue weighted by molar-refractivity contribution is 14.2. The lowest BCUT2D eigenvalue weighted by Crippen LogP contribution is -2.44. The number of nitrogens with zero attached hydrogens (tertiary/aromatic N) is 4. The Hall–Kier alpha value is -1.48. The van der Waals surface area contributed by atoms with Crippen LogP contribution >= 0.6 is 28.4 Å². The van der Waals surface area contributed by atoms with Crippen LogP contribution in [0.5, 0.6) is 0 Å². The van der Waals surface area contributed by atoms with E-state index in [0.717, 1.165) is 12.8 Å². The van der Waals surface area contributed by atoms with E-state index in [1.165, 1.54) is 6.20 Å². The Morgan fingerprint density at radius 1 is 1.50 bits per heavy atom. The number of nitrogens with one attached hydrogen (secondary N) is 1. The average molecular weight is 460 g/mol. The molecule has 0 spiro atoms. The van der Waals surface area contributed by atoms with Gasteiger partial charge in [0.2, 0.25) is 0 Å². The predicted molar refractivity (Wildman–Crippen MR) is 103 cm³/mol. The normalized spacial score (nSPS) is 18.4. The number of piperidine rings is 1. The van der Waals surface area contributed by atoms with E-state index in [-0.39, 0.29) is 0 Å². The number of pyridine rings is 1. The molecule has 0 bridgehead atoms. The first-order valence-electron chi connectivity index (χ1n) is 7.60. The van der Waals surface area contributed by atoms with Crippen LogP contribution in [0.2, 0.25) is 0 Å². The molecule has 1 aliphatic rings. The molecular weight excluding hydrogens is 442 g/mol. The first-order chi connectivity index (χ1) is 11.5. The topological polar surface area (TPSA) is 106 Å². The Morgan fingerprint density at radius 3 is 3.00 bits per heavy atom. The third-order valence-corrected chi connectivity index (χ3v) is 5.94. The molecule has 24 heavy (non-hydrogen) atoms. The van der Waals surface area contributed by atoms with Crippen LogP contribution < -0.4 is 11.1 Å². The molecule has 3 N–H and O–H groups in total. The molecule has 1 saturated heterocycles. The largest absolute Gasteiger partial charge is 0.383 e. The lowest BCUT2D eigenvalue weighted by molar-refractivity contribution is -0.144. The number of fused-ring (bicyclic) bond motifs is 1. The van der Waals surface area contributed by atoms with Crippen molar-refractivity contribution in [3.63, 3.8) is 0 Å². The van der Waals surface area contributed by atoms with Crippen LogP contribution in [0.4, 0.5) is 11.5 Å². The highest BCUT2D eigenvalue weighted by Gasteiger charge is 2.26. The van der Waals surface area contributed by atoms with Crippen molar-refractivity contribution in [1.82, 2.24) is 19.4 Å². The van der Waals surface area contributed by atoms with Gasteiger partial charge in [0.1, 0.15) is 11.3 Å². The SMILES string of the molecule is CC1CCCN(C(=O)C(=O)Nc2cnc(N)c3cn(PI)nc23)C1. The number of hydrogen-bond acceptors (Lipinski definition) is 5. The van der Waals surface area contributed by atoms with Gasteiger partial charge in [0, 0.05) is 19.3 Å². The standard InChI is InChI=1S/C14H18IN6O2P/c1-8-3-2-4-20(6-8)14(23)13(22)18-10-5-17-12(16)9-7-21(24-15)19-11(9)10/h5,7-8,24H,2-4,6H2,1H3,(H2,16,17)(H,18,22). The van der Waals surface area contributed by atoms with Gasteiger partial charge in [-0.15, -0.1) is 0 Å². The predicted octanol–water partition coefficient (Wildman–Crippen LogP) is 2.00. The molecule has 1 fully saturated rings. The smallest absolute Gasteiger partial charge is 0.314 e. The van der Waals surface area contributed by atoms with Gasteiger partial charge >= 0.3 is 11.8 Å². The summed E-state index contributed by atoms with van der Waals surface area (Å²) < 4.78 is 1.73. The van der Waals surface area contributed by atoms with Crippen molar-refractivity contribution >= 4 is 62.6 Å². The van der Waals surface area contributed by atoms with Gasteiger partial charge in [0.05, 0.1) is 23.6 Å². The van der Waals surface area contributed by atoms with Crippen LogP contribution in [-0.2, 0) is 9.59 Å². The highest BCUT2D eigenvalue weighted by atomic mass is 127. The van der Waals surface area contributed by atoms with Crippen molar-refractivity contribution in [3.05, 3.63) is 12.4 Å². The number of aromatic nitrogens is 3. The Morgan fingerprint density at radius 2 is 2.29 bits per heavy atom. The molecule has 8 nitrogen and oxygen atoms in total. The third-order valence-electron chi connectivity index (χ3n) is 4.05. The van der Waals surface area contributed by atoms with Crippen molar-refractivity contribution in [3.8, 4) is 0 Å². The molecule has 2 aromatic heterocycles. The zero-order valence-corrected chi connectivity index (χ0v) is 16.3. The summed E-state index contributed by atoms with van der Waals surface area (Å²) in [6.45, 7) is 3.32. The van der Waals surface area contributed by atoms with Crippen molar-refractivity contribution < 1.29 is 9.59 Å². The first-order valence-corrected chi connectivity index (χ1v) is 11.7. The molecule has 0 aromatic carbocycles. The summed E-state index contributed by atoms with van der Waals surface area (Å²) in [5.74, 6) is -0.411. The van der Waals surface area contributed by atoms with Gasteiger partial charge in [-0.05, 0) is 40.8 Å². The molecule has 3 rings (SSSR count). The number of amides is 2. The molecule has 10 heteroatoms. The molecule has 2 amide bonds. The van der Waals surface area contributed by atoms with E-state index < -0.39 is 11.8 Å². The number of anilines is 2. The number of carbonyl (C=O) groups excluding carboxylic acids is 2. The molecular formula is C14H18IN6O2P. The molecule has 2 aromatic rings. The van der Waals surface area contributed by atoms with Crippen LogP contribution in [-0.4, -0.2) is 44.3 Å². The maximum atomic E-state index is 12.4. The summed E-state index contributed by atoms with van der Waals surface area (Å²) in [5, 5.41) is 7.69. The maximum Gasteiger partial charge on any atom is 0.314 e. The van der Waals surface area contributed by atoms with Gasteiger partial charge in [-0.1, -0.05) is 6.92 Å². The average Bonchev–Trinajstić information content (AvgIpc) is 3.02. The van der Waals surface area contributed by atoms with Gasteiger partial charge in [-0.2, -0.15) is 5.10 Å². The summed E-state index contributed by atoms with van der Waals surface area (Å²) in [4.78, 5) is 30.4. The summed E-state index contributed by atoms with van der Waals surface area (Å²) in [6, 6.07) is 0. The minimum absolute atomic E-state index is 0.347. The summed E-state index contributed by atoms with van der Waals surface area (Å²) in [7, 11) is 0. The third kappa shape index (κ3) is 3.46. The second kappa shape index (κ2) is 7.18. The Balaban J connectivity index is 1.81. The number of hydrogen-bond donors (Lipinski definition) is 2. The van der Waals surface area contributed by atoms with E-state index in [0.29, 0.717) is 47.8 Å². The molecule has 128 valence electrons. The van der Waals surface area contributed by atoms with E-state index in [2.05, 4.69) is 44.4 Å². The zero-order valence-electron chi connectivity index (χ0n) is 13.1. The minimum Gasteiger partial charge on any atom is -0.383 e. The van der Waals surface area contributed by atoms with E-state index in [4.69, 9.17) is 5.73 Å². The van der Waals surface area contributed by atoms with Crippen molar-refractivity contribution in [2.75, 3.05) is 24.1 Å². The fraction of sp³-hybridized carbons (Fsp3) is 0.429. The van der Waals surface area contributed by atoms with Gasteiger partial charge in [-0.25, -0.2) is 9.44 Å². The Kier molecular flexibility index (Phi) is 5.19. The van der Waals surface area contributed by atoms with Crippen molar-refractivity contribution in [1.29, 1.82) is 0 Å². The number of nitrogen functional groups attached to an aromatic ring is 1. The fourth-order valence-electron chi connectivity index (χ4n) is 2.85. The second-order valence-electron chi connectivity index (χ2n) is 5.93. The number of halogens is 1. The van der Waals surface area contributed by atoms with Gasteiger partial charge in [-0.3, -0.25) is 9.59 Å². The van der Waals surface area contributed by atoms with E-state index >= 15 is 0 Å². The van der Waals surface area contributed by atoms with Crippen molar-refractivity contribution in [2.45, 2.75) is 19.8 Å². The Labute approximate surface area is 153 Å². The zero-order chi connectivity index (χ0) is 17.3. The first kappa shape index (κ1) is 17.3. The Bertz CT molecular complexity index is 795. The molecule has 1 aliphatic heterocycles. The van der Waals surface area contributed by atoms with Gasteiger partial charge in [0.15, 0.2) is 0 Å². The van der Waals surface area contributed by atoms with E-state index in [1.54, 1.807) is 15.5 Å². The van der Waals surface area contributed by atoms with Gasteiger partial charge < -0.3 is 16.0 Å². The molecule has 0 saturated carbocycles. The van der Waals surface area contributed by atoms with Crippen LogP contribution in [0.25, 0.3) is 10.9 Å². The minimum atomic E-state index is -0.663.